The van der Waals surface area contributed by atoms with Crippen molar-refractivity contribution in [2.24, 2.45) is 17.3 Å². The lowest BCUT2D eigenvalue weighted by molar-refractivity contribution is -0.134. The molecule has 0 N–H and O–H groups in total. The first kappa shape index (κ1) is 16.5. The van der Waals surface area contributed by atoms with Crippen molar-refractivity contribution >= 4 is 15.9 Å². The van der Waals surface area contributed by atoms with Gasteiger partial charge in [0, 0.05) is 26.2 Å². The molecule has 2 fully saturated rings. The minimum atomic E-state index is -3.14. The Morgan fingerprint density at radius 2 is 1.67 bits per heavy atom. The maximum Gasteiger partial charge on any atom is 0.226 e. The van der Waals surface area contributed by atoms with E-state index in [1.165, 1.54) is 16.1 Å². The topological polar surface area (TPSA) is 57.7 Å². The minimum Gasteiger partial charge on any atom is -0.340 e. The highest BCUT2D eigenvalue weighted by Gasteiger charge is 2.61. The van der Waals surface area contributed by atoms with Crippen LogP contribution in [0.5, 0.6) is 0 Å². The Balaban J connectivity index is 1.99. The molecule has 2 aliphatic rings. The van der Waals surface area contributed by atoms with Gasteiger partial charge in [-0.3, -0.25) is 4.79 Å². The second-order valence-corrected chi connectivity index (χ2v) is 9.04. The number of amides is 1. The smallest absolute Gasteiger partial charge is 0.226 e. The highest BCUT2D eigenvalue weighted by molar-refractivity contribution is 7.88. The van der Waals surface area contributed by atoms with E-state index in [1.807, 2.05) is 4.90 Å². The number of hydrogen-bond acceptors (Lipinski definition) is 3. The summed E-state index contributed by atoms with van der Waals surface area (Å²) in [5.74, 6) is 0.524. The van der Waals surface area contributed by atoms with Crippen molar-refractivity contribution in [1.29, 1.82) is 0 Å². The number of hydrogen-bond donors (Lipinski definition) is 0. The van der Waals surface area contributed by atoms with E-state index in [4.69, 9.17) is 0 Å². The second-order valence-electron chi connectivity index (χ2n) is 7.06. The molecule has 1 heterocycles. The van der Waals surface area contributed by atoms with Crippen LogP contribution in [0.1, 0.15) is 27.7 Å². The molecule has 2 atom stereocenters. The van der Waals surface area contributed by atoms with Gasteiger partial charge in [0.05, 0.1) is 12.2 Å². The first-order valence-corrected chi connectivity index (χ1v) is 9.29. The first-order chi connectivity index (χ1) is 9.55. The van der Waals surface area contributed by atoms with Gasteiger partial charge >= 0.3 is 0 Å². The summed E-state index contributed by atoms with van der Waals surface area (Å²) < 4.78 is 24.4. The molecule has 1 saturated heterocycles. The van der Waals surface area contributed by atoms with E-state index in [1.54, 1.807) is 0 Å². The normalized spacial score (nSPS) is 29.1. The average molecular weight is 314 g/mol. The van der Waals surface area contributed by atoms with Crippen LogP contribution in [0.15, 0.2) is 11.6 Å². The molecule has 2 rings (SSSR count). The predicted octanol–water partition coefficient (Wildman–Crippen LogP) is 1.33. The highest BCUT2D eigenvalue weighted by Crippen LogP contribution is 2.60. The standard InChI is InChI=1S/C15H26N2O3S/c1-11(2)10-12-13(15(12,3)4)14(18)16-6-8-17(9-7-16)21(5,19)20/h10,12-13H,6-9H2,1-5H3/t12-,13-/m1/s1. The molecule has 1 aliphatic carbocycles. The highest BCUT2D eigenvalue weighted by atomic mass is 32.2. The van der Waals surface area contributed by atoms with E-state index >= 15 is 0 Å². The summed E-state index contributed by atoms with van der Waals surface area (Å²) in [4.78, 5) is 14.5. The molecule has 0 radical (unpaired) electrons. The van der Waals surface area contributed by atoms with Crippen LogP contribution >= 0.6 is 0 Å². The SMILES string of the molecule is CC(C)=C[C@@H]1[C@H](C(=O)N2CCN(S(C)(=O)=O)CC2)C1(C)C. The van der Waals surface area contributed by atoms with Crippen LogP contribution in [-0.4, -0.2) is 56.0 Å². The van der Waals surface area contributed by atoms with Crippen molar-refractivity contribution < 1.29 is 13.2 Å². The molecule has 1 aliphatic heterocycles. The third-order valence-corrected chi connectivity index (χ3v) is 6.01. The number of rotatable bonds is 3. The maximum atomic E-state index is 12.7. The minimum absolute atomic E-state index is 0.0162. The quantitative estimate of drug-likeness (QED) is 0.739. The lowest BCUT2D eigenvalue weighted by Crippen LogP contribution is -2.51. The van der Waals surface area contributed by atoms with Crippen LogP contribution in [0.4, 0.5) is 0 Å². The largest absolute Gasteiger partial charge is 0.340 e. The third kappa shape index (κ3) is 3.31. The molecule has 0 spiro atoms. The van der Waals surface area contributed by atoms with Gasteiger partial charge in [0.1, 0.15) is 0 Å². The summed E-state index contributed by atoms with van der Waals surface area (Å²) >= 11 is 0. The van der Waals surface area contributed by atoms with Gasteiger partial charge in [-0.05, 0) is 25.2 Å². The van der Waals surface area contributed by atoms with Gasteiger partial charge in [-0.1, -0.05) is 25.5 Å². The van der Waals surface area contributed by atoms with Crippen molar-refractivity contribution in [3.63, 3.8) is 0 Å². The van der Waals surface area contributed by atoms with Crippen molar-refractivity contribution in [2.75, 3.05) is 32.4 Å². The molecule has 1 saturated carbocycles. The lowest BCUT2D eigenvalue weighted by Gasteiger charge is -2.33. The number of piperazine rings is 1. The van der Waals surface area contributed by atoms with E-state index in [-0.39, 0.29) is 17.2 Å². The Morgan fingerprint density at radius 3 is 2.10 bits per heavy atom. The van der Waals surface area contributed by atoms with Gasteiger partial charge in [-0.25, -0.2) is 8.42 Å². The van der Waals surface area contributed by atoms with Gasteiger partial charge in [0.15, 0.2) is 0 Å². The Bertz CT molecular complexity index is 553. The molecular weight excluding hydrogens is 288 g/mol. The number of carbonyl (C=O) groups is 1. The van der Waals surface area contributed by atoms with Crippen molar-refractivity contribution in [3.05, 3.63) is 11.6 Å². The second kappa shape index (κ2) is 5.39. The van der Waals surface area contributed by atoms with Crippen LogP contribution < -0.4 is 0 Å². The average Bonchev–Trinajstić information content (AvgIpc) is 2.88. The third-order valence-electron chi connectivity index (χ3n) is 4.71. The van der Waals surface area contributed by atoms with Gasteiger partial charge in [-0.15, -0.1) is 0 Å². The zero-order valence-corrected chi connectivity index (χ0v) is 14.4. The van der Waals surface area contributed by atoms with E-state index < -0.39 is 10.0 Å². The number of nitrogens with zero attached hydrogens (tertiary/aromatic N) is 2. The Labute approximate surface area is 128 Å². The van der Waals surface area contributed by atoms with Crippen molar-refractivity contribution in [1.82, 2.24) is 9.21 Å². The summed E-state index contributed by atoms with van der Waals surface area (Å²) in [7, 11) is -3.14. The number of carbonyl (C=O) groups excluding carboxylic acids is 1. The molecule has 21 heavy (non-hydrogen) atoms. The number of sulfonamides is 1. The van der Waals surface area contributed by atoms with Gasteiger partial charge in [-0.2, -0.15) is 4.31 Å². The first-order valence-electron chi connectivity index (χ1n) is 7.44. The van der Waals surface area contributed by atoms with Gasteiger partial charge in [0.25, 0.3) is 0 Å². The van der Waals surface area contributed by atoms with Crippen LogP contribution in [0, 0.1) is 17.3 Å². The molecule has 6 heteroatoms. The van der Waals surface area contributed by atoms with Crippen molar-refractivity contribution in [2.45, 2.75) is 27.7 Å². The fourth-order valence-electron chi connectivity index (χ4n) is 3.26. The summed E-state index contributed by atoms with van der Waals surface area (Å²) in [6, 6.07) is 0. The van der Waals surface area contributed by atoms with E-state index in [0.29, 0.717) is 32.1 Å². The zero-order valence-electron chi connectivity index (χ0n) is 13.6. The lowest BCUT2D eigenvalue weighted by atomic mass is 10.1. The van der Waals surface area contributed by atoms with Crippen LogP contribution in [0.3, 0.4) is 0 Å². The Morgan fingerprint density at radius 1 is 1.14 bits per heavy atom. The van der Waals surface area contributed by atoms with E-state index in [9.17, 15) is 13.2 Å². The van der Waals surface area contributed by atoms with Crippen LogP contribution in [0.2, 0.25) is 0 Å². The van der Waals surface area contributed by atoms with E-state index in [0.717, 1.165) is 0 Å². The molecule has 0 aromatic rings. The molecule has 1 amide bonds. The predicted molar refractivity (Wildman–Crippen MR) is 83.2 cm³/mol. The monoisotopic (exact) mass is 314 g/mol. The molecule has 5 nitrogen and oxygen atoms in total. The summed E-state index contributed by atoms with van der Waals surface area (Å²) in [5.41, 5.74) is 1.26. The number of allylic oxidation sites excluding steroid dienone is 2. The summed E-state index contributed by atoms with van der Waals surface area (Å²) in [6.07, 6.45) is 3.41. The summed E-state index contributed by atoms with van der Waals surface area (Å²) in [6.45, 7) is 10.2. The van der Waals surface area contributed by atoms with Gasteiger partial charge in [0.2, 0.25) is 15.9 Å². The zero-order chi connectivity index (χ0) is 16.0. The maximum absolute atomic E-state index is 12.7. The molecule has 0 unspecified atom stereocenters. The van der Waals surface area contributed by atoms with Crippen molar-refractivity contribution in [3.8, 4) is 0 Å². The molecule has 0 aromatic carbocycles. The Kier molecular flexibility index (Phi) is 4.23. The fourth-order valence-corrected chi connectivity index (χ4v) is 4.08. The molecule has 0 aromatic heterocycles. The molecule has 120 valence electrons. The Hall–Kier alpha value is -0.880. The fraction of sp³-hybridized carbons (Fsp3) is 0.800. The summed E-state index contributed by atoms with van der Waals surface area (Å²) in [5, 5.41) is 0. The molecule has 0 bridgehead atoms. The van der Waals surface area contributed by atoms with Crippen LogP contribution in [0.25, 0.3) is 0 Å². The van der Waals surface area contributed by atoms with E-state index in [2.05, 4.69) is 33.8 Å². The van der Waals surface area contributed by atoms with Crippen LogP contribution in [-0.2, 0) is 14.8 Å². The molecular formula is C15H26N2O3S. The van der Waals surface area contributed by atoms with Gasteiger partial charge < -0.3 is 4.90 Å².